The summed E-state index contributed by atoms with van der Waals surface area (Å²) < 4.78 is 27.5. The number of aryl methyl sites for hydroxylation is 2. The van der Waals surface area contributed by atoms with Gasteiger partial charge in [-0.1, -0.05) is 48.1 Å². The zero-order valence-electron chi connectivity index (χ0n) is 15.9. The zero-order chi connectivity index (χ0) is 19.7. The molecule has 0 spiro atoms. The Balaban J connectivity index is 1.84. The van der Waals surface area contributed by atoms with Gasteiger partial charge in [-0.2, -0.15) is 0 Å². The van der Waals surface area contributed by atoms with E-state index in [9.17, 15) is 13.2 Å². The molecule has 0 aromatic heterocycles. The van der Waals surface area contributed by atoms with E-state index in [1.807, 2.05) is 43.3 Å². The second kappa shape index (κ2) is 10.3. The summed E-state index contributed by atoms with van der Waals surface area (Å²) in [7, 11) is -3.36. The summed E-state index contributed by atoms with van der Waals surface area (Å²) in [5.41, 5.74) is 2.95. The molecule has 0 saturated heterocycles. The van der Waals surface area contributed by atoms with Gasteiger partial charge in [0, 0.05) is 12.1 Å². The number of aliphatic carboxylic acids is 1. The number of rotatable bonds is 10. The minimum Gasteiger partial charge on any atom is -0.481 e. The van der Waals surface area contributed by atoms with E-state index in [1.165, 1.54) is 0 Å². The smallest absolute Gasteiger partial charge is 0.303 e. The van der Waals surface area contributed by atoms with Gasteiger partial charge in [-0.25, -0.2) is 8.42 Å². The van der Waals surface area contributed by atoms with Crippen molar-refractivity contribution in [3.05, 3.63) is 59.3 Å². The molecule has 0 aliphatic heterocycles. The molecule has 1 aromatic carbocycles. The third kappa shape index (κ3) is 8.43. The van der Waals surface area contributed by atoms with Gasteiger partial charge >= 0.3 is 5.97 Å². The summed E-state index contributed by atoms with van der Waals surface area (Å²) in [5, 5.41) is 8.63. The van der Waals surface area contributed by atoms with Crippen LogP contribution in [0.2, 0.25) is 0 Å². The number of nitrogens with one attached hydrogen (secondary N) is 1. The van der Waals surface area contributed by atoms with Crippen LogP contribution in [0.4, 0.5) is 0 Å². The van der Waals surface area contributed by atoms with E-state index in [-0.39, 0.29) is 18.1 Å². The lowest BCUT2D eigenvalue weighted by Crippen LogP contribution is -2.28. The number of hydrogen-bond acceptors (Lipinski definition) is 3. The first-order chi connectivity index (χ1) is 12.8. The molecule has 0 heterocycles. The van der Waals surface area contributed by atoms with Crippen molar-refractivity contribution in [1.29, 1.82) is 0 Å². The van der Waals surface area contributed by atoms with Crippen LogP contribution in [0.5, 0.6) is 0 Å². The van der Waals surface area contributed by atoms with E-state index in [1.54, 1.807) is 0 Å². The second-order valence-corrected chi connectivity index (χ2v) is 8.96. The van der Waals surface area contributed by atoms with E-state index in [0.29, 0.717) is 12.8 Å². The Bertz CT molecular complexity index is 779. The van der Waals surface area contributed by atoms with Gasteiger partial charge in [0.15, 0.2) is 0 Å². The van der Waals surface area contributed by atoms with E-state index >= 15 is 0 Å². The van der Waals surface area contributed by atoms with E-state index in [4.69, 9.17) is 5.11 Å². The third-order valence-electron chi connectivity index (χ3n) is 4.61. The van der Waals surface area contributed by atoms with Crippen LogP contribution in [0.25, 0.3) is 0 Å². The fourth-order valence-corrected chi connectivity index (χ4v) is 4.27. The Morgan fingerprint density at radius 1 is 1.30 bits per heavy atom. The van der Waals surface area contributed by atoms with Crippen LogP contribution in [-0.4, -0.2) is 25.2 Å². The molecular formula is C21H29NO4S. The maximum atomic E-state index is 12.4. The van der Waals surface area contributed by atoms with Gasteiger partial charge in [-0.05, 0) is 56.9 Å². The summed E-state index contributed by atoms with van der Waals surface area (Å²) in [6.07, 6.45) is 10.7. The number of benzene rings is 1. The second-order valence-electron chi connectivity index (χ2n) is 7.12. The molecule has 1 aliphatic carbocycles. The molecule has 148 valence electrons. The maximum absolute atomic E-state index is 12.4. The lowest BCUT2D eigenvalue weighted by atomic mass is 9.93. The average molecular weight is 392 g/mol. The van der Waals surface area contributed by atoms with Crippen LogP contribution in [0, 0.1) is 12.8 Å². The number of sulfonamides is 1. The van der Waals surface area contributed by atoms with Crippen molar-refractivity contribution in [3.63, 3.8) is 0 Å². The van der Waals surface area contributed by atoms with Crippen LogP contribution in [-0.2, 0) is 21.2 Å². The molecule has 27 heavy (non-hydrogen) atoms. The van der Waals surface area contributed by atoms with Crippen molar-refractivity contribution < 1.29 is 18.3 Å². The molecule has 6 heteroatoms. The highest BCUT2D eigenvalue weighted by atomic mass is 32.2. The van der Waals surface area contributed by atoms with Crippen LogP contribution in [0.1, 0.15) is 49.7 Å². The third-order valence-corrected chi connectivity index (χ3v) is 5.92. The Morgan fingerprint density at radius 3 is 2.74 bits per heavy atom. The molecule has 0 radical (unpaired) electrons. The first-order valence-corrected chi connectivity index (χ1v) is 11.1. The molecule has 0 fully saturated rings. The van der Waals surface area contributed by atoms with Crippen LogP contribution in [0.15, 0.2) is 48.2 Å². The number of allylic oxidation sites excluding steroid dienone is 4. The quantitative estimate of drug-likeness (QED) is 0.467. The first kappa shape index (κ1) is 21.2. The molecular weight excluding hydrogens is 362 g/mol. The maximum Gasteiger partial charge on any atom is 0.303 e. The average Bonchev–Trinajstić information content (AvgIpc) is 2.61. The normalized spacial score (nSPS) is 17.7. The van der Waals surface area contributed by atoms with Crippen LogP contribution < -0.4 is 4.72 Å². The van der Waals surface area contributed by atoms with E-state index in [2.05, 4.69) is 10.8 Å². The van der Waals surface area contributed by atoms with E-state index < -0.39 is 16.0 Å². The minimum absolute atomic E-state index is 0.0725. The summed E-state index contributed by atoms with van der Waals surface area (Å²) >= 11 is 0. The zero-order valence-corrected chi connectivity index (χ0v) is 16.7. The number of carboxylic acids is 1. The SMILES string of the molecule is Cc1ccc(CCS(=O)(=O)NC2=CC(C=CCCCC(=O)O)CCC2)cc1. The highest BCUT2D eigenvalue weighted by Gasteiger charge is 2.17. The minimum atomic E-state index is -3.36. The van der Waals surface area contributed by atoms with Crippen molar-refractivity contribution in [2.75, 3.05) is 5.75 Å². The molecule has 0 bridgehead atoms. The summed E-state index contributed by atoms with van der Waals surface area (Å²) in [6.45, 7) is 2.01. The van der Waals surface area contributed by atoms with Gasteiger partial charge < -0.3 is 5.11 Å². The van der Waals surface area contributed by atoms with Gasteiger partial charge in [-0.15, -0.1) is 0 Å². The topological polar surface area (TPSA) is 83.5 Å². The predicted octanol–water partition coefficient (Wildman–Crippen LogP) is 3.95. The van der Waals surface area contributed by atoms with Crippen molar-refractivity contribution in [1.82, 2.24) is 4.72 Å². The molecule has 5 nitrogen and oxygen atoms in total. The van der Waals surface area contributed by atoms with Gasteiger partial charge in [-0.3, -0.25) is 9.52 Å². The van der Waals surface area contributed by atoms with Gasteiger partial charge in [0.2, 0.25) is 10.0 Å². The summed E-state index contributed by atoms with van der Waals surface area (Å²) in [4.78, 5) is 10.5. The summed E-state index contributed by atoms with van der Waals surface area (Å²) in [6, 6.07) is 7.92. The van der Waals surface area contributed by atoms with Crippen LogP contribution in [0.3, 0.4) is 0 Å². The van der Waals surface area contributed by atoms with Gasteiger partial charge in [0.05, 0.1) is 5.75 Å². The molecule has 0 amide bonds. The molecule has 0 saturated carbocycles. The molecule has 2 rings (SSSR count). The number of unbranched alkanes of at least 4 members (excludes halogenated alkanes) is 1. The molecule has 2 N–H and O–H groups in total. The molecule has 1 atom stereocenters. The predicted molar refractivity (Wildman–Crippen MR) is 108 cm³/mol. The Labute approximate surface area is 162 Å². The Morgan fingerprint density at radius 2 is 2.04 bits per heavy atom. The van der Waals surface area contributed by atoms with Crippen LogP contribution >= 0.6 is 0 Å². The van der Waals surface area contributed by atoms with E-state index in [0.717, 1.165) is 42.5 Å². The monoisotopic (exact) mass is 391 g/mol. The van der Waals surface area contributed by atoms with Crippen molar-refractivity contribution in [2.45, 2.75) is 51.9 Å². The standard InChI is InChI=1S/C21H29NO4S/c1-17-10-12-18(13-11-17)14-15-27(25,26)22-20-8-5-7-19(16-20)6-3-2-4-9-21(23)24/h3,6,10-13,16,19,22H,2,4-5,7-9,14-15H2,1H3,(H,23,24). The Kier molecular flexibility index (Phi) is 8.10. The number of hydrogen-bond donors (Lipinski definition) is 2. The van der Waals surface area contributed by atoms with Crippen molar-refractivity contribution in [3.8, 4) is 0 Å². The highest BCUT2D eigenvalue weighted by Crippen LogP contribution is 2.23. The van der Waals surface area contributed by atoms with Gasteiger partial charge in [0.1, 0.15) is 0 Å². The lowest BCUT2D eigenvalue weighted by molar-refractivity contribution is -0.137. The van der Waals surface area contributed by atoms with Crippen molar-refractivity contribution >= 4 is 16.0 Å². The number of carboxylic acid groups (broad SMARTS) is 1. The molecule has 1 aliphatic rings. The fraction of sp³-hybridized carbons (Fsp3) is 0.476. The first-order valence-electron chi connectivity index (χ1n) is 9.49. The molecule has 1 unspecified atom stereocenters. The fourth-order valence-electron chi connectivity index (χ4n) is 3.09. The van der Waals surface area contributed by atoms with Gasteiger partial charge in [0.25, 0.3) is 0 Å². The Hall–Kier alpha value is -2.08. The largest absolute Gasteiger partial charge is 0.481 e. The number of carbonyl (C=O) groups is 1. The highest BCUT2D eigenvalue weighted by molar-refractivity contribution is 7.89. The lowest BCUT2D eigenvalue weighted by Gasteiger charge is -2.20. The summed E-state index contributed by atoms with van der Waals surface area (Å²) in [5.74, 6) is -0.495. The molecule has 1 aromatic rings. The van der Waals surface area contributed by atoms with Crippen molar-refractivity contribution in [2.24, 2.45) is 5.92 Å².